The van der Waals surface area contributed by atoms with Crippen LogP contribution < -0.4 is 4.57 Å². The highest BCUT2D eigenvalue weighted by atomic mass is 32.1. The molecule has 2 rings (SSSR count). The first-order chi connectivity index (χ1) is 8.79. The predicted octanol–water partition coefficient (Wildman–Crippen LogP) is 4.33. The molecule has 1 heterocycles. The van der Waals surface area contributed by atoms with Crippen LogP contribution in [-0.2, 0) is 13.5 Å². The number of hydrogen-bond donors (Lipinski definition) is 0. The highest BCUT2D eigenvalue weighted by molar-refractivity contribution is 7.12. The van der Waals surface area contributed by atoms with Crippen LogP contribution in [0.5, 0.6) is 0 Å². The molecule has 94 valence electrons. The fraction of sp³-hybridized carbons (Fsp3) is 0.357. The van der Waals surface area contributed by atoms with Crippen LogP contribution in [0.15, 0.2) is 46.1 Å². The standard InChI is InChI=1S/C14H18N3S/c1-3-4-5-12-6-8-13(9-7-12)15-16-14-17(2)10-11-18-14/h6-11H,3-5H2,1-2H3/q+1. The molecule has 2 aromatic rings. The summed E-state index contributed by atoms with van der Waals surface area (Å²) >= 11 is 1.59. The second kappa shape index (κ2) is 6.40. The minimum Gasteiger partial charge on any atom is -0.222 e. The van der Waals surface area contributed by atoms with E-state index in [9.17, 15) is 0 Å². The van der Waals surface area contributed by atoms with Gasteiger partial charge in [0.05, 0.1) is 12.2 Å². The van der Waals surface area contributed by atoms with Crippen molar-refractivity contribution in [3.05, 3.63) is 41.4 Å². The van der Waals surface area contributed by atoms with Gasteiger partial charge in [-0.25, -0.2) is 4.57 Å². The molecule has 18 heavy (non-hydrogen) atoms. The van der Waals surface area contributed by atoms with Gasteiger partial charge < -0.3 is 0 Å². The molecule has 0 saturated heterocycles. The van der Waals surface area contributed by atoms with Crippen molar-refractivity contribution in [1.29, 1.82) is 0 Å². The van der Waals surface area contributed by atoms with E-state index in [1.807, 2.05) is 35.3 Å². The van der Waals surface area contributed by atoms with Gasteiger partial charge in [-0.05, 0) is 47.0 Å². The van der Waals surface area contributed by atoms with Gasteiger partial charge in [-0.15, -0.1) is 0 Å². The average molecular weight is 260 g/mol. The molecule has 0 radical (unpaired) electrons. The van der Waals surface area contributed by atoms with E-state index in [0.717, 1.165) is 17.2 Å². The Bertz CT molecular complexity index is 514. The van der Waals surface area contributed by atoms with E-state index in [0.29, 0.717) is 0 Å². The van der Waals surface area contributed by atoms with Gasteiger partial charge >= 0.3 is 5.13 Å². The van der Waals surface area contributed by atoms with Crippen molar-refractivity contribution in [3.8, 4) is 0 Å². The number of hydrogen-bond acceptors (Lipinski definition) is 3. The first-order valence-corrected chi connectivity index (χ1v) is 7.11. The summed E-state index contributed by atoms with van der Waals surface area (Å²) < 4.78 is 1.96. The SMILES string of the molecule is CCCCc1ccc(N=Nc2scc[n+]2C)cc1. The second-order valence-electron chi connectivity index (χ2n) is 4.27. The molecule has 4 heteroatoms. The lowest BCUT2D eigenvalue weighted by molar-refractivity contribution is -0.654. The lowest BCUT2D eigenvalue weighted by Crippen LogP contribution is -2.23. The van der Waals surface area contributed by atoms with Gasteiger partial charge in [0, 0.05) is 5.38 Å². The Labute approximate surface area is 112 Å². The molecule has 0 aliphatic heterocycles. The molecule has 0 aliphatic rings. The van der Waals surface area contributed by atoms with Crippen molar-refractivity contribution in [2.75, 3.05) is 0 Å². The number of rotatable bonds is 5. The van der Waals surface area contributed by atoms with Crippen LogP contribution in [0.1, 0.15) is 25.3 Å². The largest absolute Gasteiger partial charge is 0.408 e. The van der Waals surface area contributed by atoms with Gasteiger partial charge in [0.25, 0.3) is 0 Å². The molecule has 0 aliphatic carbocycles. The van der Waals surface area contributed by atoms with E-state index in [4.69, 9.17) is 0 Å². The Kier molecular flexibility index (Phi) is 4.59. The molecule has 0 N–H and O–H groups in total. The summed E-state index contributed by atoms with van der Waals surface area (Å²) in [7, 11) is 1.97. The monoisotopic (exact) mass is 260 g/mol. The Balaban J connectivity index is 2.02. The van der Waals surface area contributed by atoms with Crippen LogP contribution in [0.4, 0.5) is 10.8 Å². The Morgan fingerprint density at radius 3 is 2.56 bits per heavy atom. The van der Waals surface area contributed by atoms with Gasteiger partial charge in [-0.3, -0.25) is 0 Å². The number of thiazole rings is 1. The van der Waals surface area contributed by atoms with Crippen LogP contribution in [0, 0.1) is 0 Å². The third kappa shape index (κ3) is 3.47. The quantitative estimate of drug-likeness (QED) is 0.565. The number of benzene rings is 1. The maximum absolute atomic E-state index is 4.25. The van der Waals surface area contributed by atoms with E-state index < -0.39 is 0 Å². The van der Waals surface area contributed by atoms with E-state index in [1.54, 1.807) is 11.3 Å². The van der Waals surface area contributed by atoms with Gasteiger partial charge in [0.15, 0.2) is 0 Å². The zero-order valence-electron chi connectivity index (χ0n) is 10.8. The molecule has 0 atom stereocenters. The fourth-order valence-corrected chi connectivity index (χ4v) is 2.31. The second-order valence-corrected chi connectivity index (χ2v) is 5.14. The Morgan fingerprint density at radius 2 is 1.94 bits per heavy atom. The smallest absolute Gasteiger partial charge is 0.222 e. The Hall–Kier alpha value is -1.55. The van der Waals surface area contributed by atoms with Gasteiger partial charge in [0.2, 0.25) is 0 Å². The fourth-order valence-electron chi connectivity index (χ4n) is 1.63. The maximum Gasteiger partial charge on any atom is 0.408 e. The van der Waals surface area contributed by atoms with Gasteiger partial charge in [0.1, 0.15) is 11.9 Å². The summed E-state index contributed by atoms with van der Waals surface area (Å²) in [6, 6.07) is 8.33. The normalized spacial score (nSPS) is 11.2. The van der Waals surface area contributed by atoms with E-state index >= 15 is 0 Å². The molecule has 0 amide bonds. The summed E-state index contributed by atoms with van der Waals surface area (Å²) in [6.45, 7) is 2.21. The highest BCUT2D eigenvalue weighted by Gasteiger charge is 2.06. The molecule has 0 bridgehead atoms. The van der Waals surface area contributed by atoms with E-state index in [-0.39, 0.29) is 0 Å². The number of azo groups is 1. The third-order valence-electron chi connectivity index (χ3n) is 2.77. The molecule has 0 fully saturated rings. The van der Waals surface area contributed by atoms with Crippen molar-refractivity contribution in [2.24, 2.45) is 17.3 Å². The van der Waals surface area contributed by atoms with Crippen molar-refractivity contribution in [1.82, 2.24) is 0 Å². The highest BCUT2D eigenvalue weighted by Crippen LogP contribution is 2.19. The summed E-state index contributed by atoms with van der Waals surface area (Å²) in [5.74, 6) is 0. The first kappa shape index (κ1) is 12.9. The molecule has 0 spiro atoms. The number of aryl methyl sites for hydroxylation is 2. The molecule has 3 nitrogen and oxygen atoms in total. The number of aromatic nitrogens is 1. The van der Waals surface area contributed by atoms with E-state index in [2.05, 4.69) is 29.3 Å². The zero-order chi connectivity index (χ0) is 12.8. The zero-order valence-corrected chi connectivity index (χ0v) is 11.7. The van der Waals surface area contributed by atoms with Crippen molar-refractivity contribution < 1.29 is 4.57 Å². The molecule has 1 aromatic heterocycles. The summed E-state index contributed by atoms with van der Waals surface area (Å²) in [5, 5.41) is 11.4. The summed E-state index contributed by atoms with van der Waals surface area (Å²) in [4.78, 5) is 0. The van der Waals surface area contributed by atoms with Crippen LogP contribution in [-0.4, -0.2) is 0 Å². The van der Waals surface area contributed by atoms with Gasteiger partial charge in [-0.1, -0.05) is 25.5 Å². The minimum absolute atomic E-state index is 0.906. The molecular formula is C14H18N3S+. The third-order valence-corrected chi connectivity index (χ3v) is 3.60. The van der Waals surface area contributed by atoms with Crippen LogP contribution in [0.2, 0.25) is 0 Å². The minimum atomic E-state index is 0.906. The lowest BCUT2D eigenvalue weighted by Gasteiger charge is -1.98. The summed E-state index contributed by atoms with van der Waals surface area (Å²) in [6.07, 6.45) is 5.60. The maximum atomic E-state index is 4.25. The topological polar surface area (TPSA) is 28.6 Å². The van der Waals surface area contributed by atoms with Crippen LogP contribution in [0.3, 0.4) is 0 Å². The molecule has 1 aromatic carbocycles. The number of nitrogens with zero attached hydrogens (tertiary/aromatic N) is 3. The van der Waals surface area contributed by atoms with E-state index in [1.165, 1.54) is 18.4 Å². The van der Waals surface area contributed by atoms with Crippen LogP contribution >= 0.6 is 11.3 Å². The van der Waals surface area contributed by atoms with Crippen molar-refractivity contribution >= 4 is 22.2 Å². The lowest BCUT2D eigenvalue weighted by atomic mass is 10.1. The van der Waals surface area contributed by atoms with Gasteiger partial charge in [-0.2, -0.15) is 0 Å². The number of unbranched alkanes of at least 4 members (excludes halogenated alkanes) is 1. The predicted molar refractivity (Wildman–Crippen MR) is 74.7 cm³/mol. The summed E-state index contributed by atoms with van der Waals surface area (Å²) in [5.41, 5.74) is 2.28. The van der Waals surface area contributed by atoms with Crippen molar-refractivity contribution in [3.63, 3.8) is 0 Å². The molecule has 0 saturated carbocycles. The average Bonchev–Trinajstić information content (AvgIpc) is 2.81. The Morgan fingerprint density at radius 1 is 1.17 bits per heavy atom. The van der Waals surface area contributed by atoms with Crippen molar-refractivity contribution in [2.45, 2.75) is 26.2 Å². The molecular weight excluding hydrogens is 242 g/mol. The molecule has 0 unspecified atom stereocenters. The first-order valence-electron chi connectivity index (χ1n) is 6.23. The van der Waals surface area contributed by atoms with Crippen LogP contribution in [0.25, 0.3) is 0 Å².